The molecule has 1 aromatic rings. The van der Waals surface area contributed by atoms with Gasteiger partial charge in [-0.3, -0.25) is 9.59 Å². The summed E-state index contributed by atoms with van der Waals surface area (Å²) in [6.45, 7) is 5.65. The maximum Gasteiger partial charge on any atom is 0.246 e. The second kappa shape index (κ2) is 6.45. The maximum absolute atomic E-state index is 12.4. The molecule has 2 aliphatic rings. The van der Waals surface area contributed by atoms with Gasteiger partial charge >= 0.3 is 0 Å². The number of hydrogen-bond donors (Lipinski definition) is 0. The van der Waals surface area contributed by atoms with E-state index in [0.717, 1.165) is 25.9 Å². The molecule has 3 heterocycles. The third kappa shape index (κ3) is 3.05. The first-order valence-corrected chi connectivity index (χ1v) is 8.80. The van der Waals surface area contributed by atoms with Gasteiger partial charge in [-0.05, 0) is 42.3 Å². The summed E-state index contributed by atoms with van der Waals surface area (Å²) in [4.78, 5) is 28.4. The van der Waals surface area contributed by atoms with Crippen LogP contribution in [0.2, 0.25) is 0 Å². The predicted molar refractivity (Wildman–Crippen MR) is 89.3 cm³/mol. The van der Waals surface area contributed by atoms with Crippen LogP contribution in [0, 0.1) is 0 Å². The summed E-state index contributed by atoms with van der Waals surface area (Å²) >= 11 is 1.77. The summed E-state index contributed by atoms with van der Waals surface area (Å²) in [7, 11) is 1.62. The number of carbonyl (C=O) groups is 2. The van der Waals surface area contributed by atoms with Crippen molar-refractivity contribution in [3.63, 3.8) is 0 Å². The van der Waals surface area contributed by atoms with Crippen molar-refractivity contribution in [3.8, 4) is 0 Å². The fraction of sp³-hybridized carbons (Fsp3) is 0.529. The molecule has 0 unspecified atom stereocenters. The van der Waals surface area contributed by atoms with E-state index in [2.05, 4.69) is 18.0 Å². The Kier molecular flexibility index (Phi) is 4.55. The standard InChI is InChI=1S/C17H22N2O3S/c1-3-14(20)18(2)12-15(21)19-8-6-17(7-9-19)16-13(4-10-22-17)5-11-23-16/h3,5,11H,1,4,6-10,12H2,2H3. The minimum absolute atomic E-state index is 0.0141. The third-order valence-electron chi connectivity index (χ3n) is 4.76. The van der Waals surface area contributed by atoms with E-state index >= 15 is 0 Å². The molecule has 3 rings (SSSR count). The molecular formula is C17H22N2O3S. The summed E-state index contributed by atoms with van der Waals surface area (Å²) in [5.41, 5.74) is 1.19. The summed E-state index contributed by atoms with van der Waals surface area (Å²) in [6.07, 6.45) is 3.86. The van der Waals surface area contributed by atoms with Crippen LogP contribution in [0.1, 0.15) is 23.3 Å². The first-order chi connectivity index (χ1) is 11.1. The SMILES string of the molecule is C=CC(=O)N(C)CC(=O)N1CCC2(CC1)OCCc1ccsc12. The van der Waals surface area contributed by atoms with E-state index < -0.39 is 0 Å². The van der Waals surface area contributed by atoms with Crippen LogP contribution in [0.25, 0.3) is 0 Å². The van der Waals surface area contributed by atoms with Crippen molar-refractivity contribution in [1.29, 1.82) is 0 Å². The van der Waals surface area contributed by atoms with Crippen molar-refractivity contribution < 1.29 is 14.3 Å². The van der Waals surface area contributed by atoms with Gasteiger partial charge in [0.1, 0.15) is 5.60 Å². The molecule has 1 spiro atoms. The van der Waals surface area contributed by atoms with E-state index in [0.29, 0.717) is 13.1 Å². The highest BCUT2D eigenvalue weighted by Crippen LogP contribution is 2.44. The lowest BCUT2D eigenvalue weighted by Crippen LogP contribution is -2.50. The number of fused-ring (bicyclic) bond motifs is 2. The lowest BCUT2D eigenvalue weighted by atomic mass is 9.85. The summed E-state index contributed by atoms with van der Waals surface area (Å²) in [5.74, 6) is -0.245. The Balaban J connectivity index is 1.62. The second-order valence-corrected chi connectivity index (χ2v) is 7.06. The fourth-order valence-corrected chi connectivity index (χ4v) is 4.55. The molecule has 2 aliphatic heterocycles. The molecule has 1 fully saturated rings. The average molecular weight is 334 g/mol. The molecule has 6 heteroatoms. The molecule has 0 N–H and O–H groups in total. The Bertz CT molecular complexity index is 617. The Hall–Kier alpha value is -1.66. The van der Waals surface area contributed by atoms with Crippen molar-refractivity contribution in [2.24, 2.45) is 0 Å². The Labute approximate surface area is 140 Å². The second-order valence-electron chi connectivity index (χ2n) is 6.15. The predicted octanol–water partition coefficient (Wildman–Crippen LogP) is 1.78. The zero-order chi connectivity index (χ0) is 16.4. The van der Waals surface area contributed by atoms with Gasteiger partial charge in [-0.1, -0.05) is 6.58 Å². The van der Waals surface area contributed by atoms with E-state index in [9.17, 15) is 9.59 Å². The highest BCUT2D eigenvalue weighted by molar-refractivity contribution is 7.10. The van der Waals surface area contributed by atoms with Crippen molar-refractivity contribution in [3.05, 3.63) is 34.5 Å². The normalized spacial score (nSPS) is 19.3. The Morgan fingerprint density at radius 2 is 2.22 bits per heavy atom. The van der Waals surface area contributed by atoms with E-state index in [1.807, 2.05) is 4.90 Å². The van der Waals surface area contributed by atoms with Crippen molar-refractivity contribution in [2.45, 2.75) is 24.9 Å². The number of amides is 2. The molecule has 23 heavy (non-hydrogen) atoms. The molecule has 0 bridgehead atoms. The molecule has 0 saturated carbocycles. The quantitative estimate of drug-likeness (QED) is 0.792. The minimum atomic E-state index is -0.231. The number of hydrogen-bond acceptors (Lipinski definition) is 4. The monoisotopic (exact) mass is 334 g/mol. The number of rotatable bonds is 3. The van der Waals surface area contributed by atoms with Gasteiger partial charge in [-0.15, -0.1) is 11.3 Å². The van der Waals surface area contributed by atoms with Gasteiger partial charge in [-0.25, -0.2) is 0 Å². The van der Waals surface area contributed by atoms with Crippen molar-refractivity contribution >= 4 is 23.2 Å². The molecule has 0 aliphatic carbocycles. The van der Waals surface area contributed by atoms with Crippen LogP contribution < -0.4 is 0 Å². The largest absolute Gasteiger partial charge is 0.369 e. The summed E-state index contributed by atoms with van der Waals surface area (Å²) in [5, 5.41) is 2.13. The number of carbonyl (C=O) groups excluding carboxylic acids is 2. The molecule has 5 nitrogen and oxygen atoms in total. The van der Waals surface area contributed by atoms with Crippen molar-refractivity contribution in [1.82, 2.24) is 9.80 Å². The molecule has 2 amide bonds. The smallest absolute Gasteiger partial charge is 0.246 e. The third-order valence-corrected chi connectivity index (χ3v) is 5.90. The molecule has 124 valence electrons. The molecule has 1 saturated heterocycles. The van der Waals surface area contributed by atoms with Crippen LogP contribution in [-0.2, 0) is 26.3 Å². The van der Waals surface area contributed by atoms with Gasteiger partial charge in [0.05, 0.1) is 13.2 Å². The Morgan fingerprint density at radius 1 is 1.48 bits per heavy atom. The minimum Gasteiger partial charge on any atom is -0.369 e. The van der Waals surface area contributed by atoms with Crippen LogP contribution in [0.4, 0.5) is 0 Å². The lowest BCUT2D eigenvalue weighted by molar-refractivity contribution is -0.144. The number of likely N-dealkylation sites (tertiary alicyclic amines) is 1. The topological polar surface area (TPSA) is 49.9 Å². The van der Waals surface area contributed by atoms with Crippen LogP contribution in [0.3, 0.4) is 0 Å². The zero-order valence-electron chi connectivity index (χ0n) is 13.4. The number of ether oxygens (including phenoxy) is 1. The van der Waals surface area contributed by atoms with E-state index in [4.69, 9.17) is 4.74 Å². The highest BCUT2D eigenvalue weighted by Gasteiger charge is 2.42. The van der Waals surface area contributed by atoms with Crippen LogP contribution in [0.5, 0.6) is 0 Å². The van der Waals surface area contributed by atoms with Gasteiger partial charge in [0.15, 0.2) is 0 Å². The number of piperidine rings is 1. The molecule has 1 aromatic heterocycles. The maximum atomic E-state index is 12.4. The number of nitrogens with zero attached hydrogens (tertiary/aromatic N) is 2. The molecule has 0 radical (unpaired) electrons. The zero-order valence-corrected chi connectivity index (χ0v) is 14.2. The number of thiophene rings is 1. The van der Waals surface area contributed by atoms with Gasteiger partial charge in [0.2, 0.25) is 11.8 Å². The lowest BCUT2D eigenvalue weighted by Gasteiger charge is -2.43. The van der Waals surface area contributed by atoms with Gasteiger partial charge in [0, 0.05) is 25.0 Å². The van der Waals surface area contributed by atoms with Gasteiger partial charge in [0.25, 0.3) is 0 Å². The van der Waals surface area contributed by atoms with E-state index in [-0.39, 0.29) is 24.0 Å². The molecule has 0 atom stereocenters. The van der Waals surface area contributed by atoms with Crippen LogP contribution >= 0.6 is 11.3 Å². The van der Waals surface area contributed by atoms with E-state index in [1.54, 1.807) is 18.4 Å². The first-order valence-electron chi connectivity index (χ1n) is 7.92. The summed E-state index contributed by atoms with van der Waals surface area (Å²) in [6, 6.07) is 2.19. The first kappa shape index (κ1) is 16.2. The van der Waals surface area contributed by atoms with Crippen LogP contribution in [-0.4, -0.2) is 54.9 Å². The summed E-state index contributed by atoms with van der Waals surface area (Å²) < 4.78 is 6.15. The van der Waals surface area contributed by atoms with Gasteiger partial charge in [-0.2, -0.15) is 0 Å². The van der Waals surface area contributed by atoms with Crippen LogP contribution in [0.15, 0.2) is 24.1 Å². The van der Waals surface area contributed by atoms with E-state index in [1.165, 1.54) is 21.4 Å². The van der Waals surface area contributed by atoms with Crippen molar-refractivity contribution in [2.75, 3.05) is 33.3 Å². The highest BCUT2D eigenvalue weighted by atomic mass is 32.1. The number of likely N-dealkylation sites (N-methyl/N-ethyl adjacent to an activating group) is 1. The molecule has 0 aromatic carbocycles. The average Bonchev–Trinajstić information content (AvgIpc) is 3.05. The Morgan fingerprint density at radius 3 is 2.91 bits per heavy atom. The molecular weight excluding hydrogens is 312 g/mol. The fourth-order valence-electron chi connectivity index (χ4n) is 3.38. The van der Waals surface area contributed by atoms with Gasteiger partial charge < -0.3 is 14.5 Å².